The lowest BCUT2D eigenvalue weighted by molar-refractivity contribution is 0.309. The molecule has 3 heteroatoms. The molecule has 0 aliphatic heterocycles. The van der Waals surface area contributed by atoms with Gasteiger partial charge in [-0.1, -0.05) is 42.8 Å². The van der Waals surface area contributed by atoms with Crippen LogP contribution in [0.3, 0.4) is 0 Å². The van der Waals surface area contributed by atoms with Gasteiger partial charge in [-0.15, -0.1) is 11.8 Å². The molecular weight excluding hydrogens is 344 g/mol. The Balaban J connectivity index is 1.60. The van der Waals surface area contributed by atoms with Crippen molar-refractivity contribution >= 4 is 23.5 Å². The van der Waals surface area contributed by atoms with E-state index in [2.05, 4.69) is 63.2 Å². The molecule has 0 amide bonds. The Morgan fingerprint density at radius 1 is 0.920 bits per heavy atom. The van der Waals surface area contributed by atoms with Crippen molar-refractivity contribution in [3.05, 3.63) is 59.2 Å². The average molecular weight is 375 g/mol. The van der Waals surface area contributed by atoms with Crippen LogP contribution >= 0.6 is 23.5 Å². The normalized spacial score (nSPS) is 10.8. The van der Waals surface area contributed by atoms with Gasteiger partial charge in [-0.3, -0.25) is 0 Å². The molecule has 2 rings (SSSR count). The molecular formula is C22H30OS2. The minimum Gasteiger partial charge on any atom is -0.494 e. The van der Waals surface area contributed by atoms with Crippen molar-refractivity contribution in [1.29, 1.82) is 0 Å². The summed E-state index contributed by atoms with van der Waals surface area (Å²) in [7, 11) is 0. The fraction of sp³-hybridized carbons (Fsp3) is 0.455. The number of unbranched alkanes of at least 4 members (excludes halogenated alkanes) is 1. The highest BCUT2D eigenvalue weighted by Gasteiger charge is 2.02. The molecule has 0 N–H and O–H groups in total. The number of rotatable bonds is 11. The van der Waals surface area contributed by atoms with Gasteiger partial charge in [0.25, 0.3) is 0 Å². The van der Waals surface area contributed by atoms with Crippen LogP contribution in [0.5, 0.6) is 5.75 Å². The molecule has 0 spiro atoms. The molecule has 25 heavy (non-hydrogen) atoms. The lowest BCUT2D eigenvalue weighted by Crippen LogP contribution is -1.98. The highest BCUT2D eigenvalue weighted by atomic mass is 32.2. The molecule has 0 heterocycles. The highest BCUT2D eigenvalue weighted by Crippen LogP contribution is 2.27. The van der Waals surface area contributed by atoms with Gasteiger partial charge in [0.05, 0.1) is 6.61 Å². The van der Waals surface area contributed by atoms with E-state index in [1.54, 1.807) is 0 Å². The third-order valence-corrected chi connectivity index (χ3v) is 6.44. The zero-order valence-electron chi connectivity index (χ0n) is 15.7. The number of thioether (sulfide) groups is 2. The Hall–Kier alpha value is -1.06. The van der Waals surface area contributed by atoms with E-state index in [1.807, 2.05) is 23.5 Å². The van der Waals surface area contributed by atoms with Crippen LogP contribution in [0.1, 0.15) is 42.9 Å². The molecule has 0 unspecified atom stereocenters. The minimum absolute atomic E-state index is 0.812. The molecule has 0 aliphatic rings. The molecule has 0 aliphatic carbocycles. The third kappa shape index (κ3) is 7.79. The smallest absolute Gasteiger partial charge is 0.120 e. The fourth-order valence-electron chi connectivity index (χ4n) is 2.41. The van der Waals surface area contributed by atoms with Gasteiger partial charge in [-0.25, -0.2) is 0 Å². The van der Waals surface area contributed by atoms with Crippen LogP contribution in [0.2, 0.25) is 0 Å². The first-order valence-electron chi connectivity index (χ1n) is 9.18. The topological polar surface area (TPSA) is 9.23 Å². The van der Waals surface area contributed by atoms with Crippen molar-refractivity contribution in [3.8, 4) is 5.75 Å². The van der Waals surface area contributed by atoms with Gasteiger partial charge in [0.2, 0.25) is 0 Å². The van der Waals surface area contributed by atoms with Gasteiger partial charge < -0.3 is 4.74 Å². The summed E-state index contributed by atoms with van der Waals surface area (Å²) in [5.74, 6) is 4.49. The van der Waals surface area contributed by atoms with E-state index in [0.717, 1.165) is 24.5 Å². The Kier molecular flexibility index (Phi) is 9.35. The molecule has 136 valence electrons. The second kappa shape index (κ2) is 11.5. The molecule has 1 nitrogen and oxygen atoms in total. The first-order valence-corrected chi connectivity index (χ1v) is 11.3. The van der Waals surface area contributed by atoms with Crippen molar-refractivity contribution in [1.82, 2.24) is 0 Å². The van der Waals surface area contributed by atoms with E-state index >= 15 is 0 Å². The van der Waals surface area contributed by atoms with Gasteiger partial charge in [0.1, 0.15) is 5.75 Å². The van der Waals surface area contributed by atoms with Crippen molar-refractivity contribution < 1.29 is 4.74 Å². The molecule has 0 radical (unpaired) electrons. The maximum Gasteiger partial charge on any atom is 0.120 e. The summed E-state index contributed by atoms with van der Waals surface area (Å²) >= 11 is 3.94. The molecule has 0 atom stereocenters. The first-order chi connectivity index (χ1) is 12.2. The Morgan fingerprint density at radius 3 is 2.48 bits per heavy atom. The average Bonchev–Trinajstić information content (AvgIpc) is 2.62. The molecule has 0 saturated carbocycles. The van der Waals surface area contributed by atoms with E-state index in [9.17, 15) is 0 Å². The van der Waals surface area contributed by atoms with Crippen LogP contribution in [-0.2, 0) is 5.75 Å². The lowest BCUT2D eigenvalue weighted by Gasteiger charge is -2.10. The molecule has 0 aromatic heterocycles. The van der Waals surface area contributed by atoms with Crippen LogP contribution < -0.4 is 4.74 Å². The first kappa shape index (κ1) is 20.3. The van der Waals surface area contributed by atoms with Crippen LogP contribution in [-0.4, -0.2) is 18.1 Å². The maximum absolute atomic E-state index is 5.94. The largest absolute Gasteiger partial charge is 0.494 e. The quantitative estimate of drug-likeness (QED) is 0.313. The Bertz CT molecular complexity index is 622. The number of benzene rings is 2. The second-order valence-electron chi connectivity index (χ2n) is 6.37. The van der Waals surface area contributed by atoms with Gasteiger partial charge in [0, 0.05) is 10.6 Å². The fourth-order valence-corrected chi connectivity index (χ4v) is 4.31. The summed E-state index contributed by atoms with van der Waals surface area (Å²) in [4.78, 5) is 1.35. The van der Waals surface area contributed by atoms with Gasteiger partial charge in [0.15, 0.2) is 0 Å². The van der Waals surface area contributed by atoms with Crippen LogP contribution in [0, 0.1) is 13.8 Å². The van der Waals surface area contributed by atoms with Crippen molar-refractivity contribution in [2.24, 2.45) is 0 Å². The predicted molar refractivity (Wildman–Crippen MR) is 114 cm³/mol. The van der Waals surface area contributed by atoms with Gasteiger partial charge in [-0.2, -0.15) is 11.8 Å². The van der Waals surface area contributed by atoms with Crippen molar-refractivity contribution in [3.63, 3.8) is 0 Å². The summed E-state index contributed by atoms with van der Waals surface area (Å²) in [6.45, 7) is 7.34. The number of hydrogen-bond donors (Lipinski definition) is 0. The van der Waals surface area contributed by atoms with Gasteiger partial charge in [-0.05, 0) is 67.9 Å². The zero-order valence-corrected chi connectivity index (χ0v) is 17.3. The highest BCUT2D eigenvalue weighted by molar-refractivity contribution is 7.99. The standard InChI is InChI=1S/C22H30OS2/c1-4-14-25-22-16-21(12-9-19(22)3)23-13-5-6-15-24-17-20-10-7-18(2)8-11-20/h7-12,16H,4-6,13-15,17H2,1-3H3. The second-order valence-corrected chi connectivity index (χ2v) is 8.61. The molecule has 2 aromatic rings. The third-order valence-electron chi connectivity index (χ3n) is 3.96. The van der Waals surface area contributed by atoms with Crippen LogP contribution in [0.15, 0.2) is 47.4 Å². The van der Waals surface area contributed by atoms with E-state index in [1.165, 1.54) is 45.9 Å². The van der Waals surface area contributed by atoms with Crippen LogP contribution in [0.25, 0.3) is 0 Å². The predicted octanol–water partition coefficient (Wildman–Crippen LogP) is 6.90. The lowest BCUT2D eigenvalue weighted by atomic mass is 10.2. The van der Waals surface area contributed by atoms with E-state index in [4.69, 9.17) is 4.74 Å². The summed E-state index contributed by atoms with van der Waals surface area (Å²) in [6, 6.07) is 15.3. The SMILES string of the molecule is CCCSc1cc(OCCCCSCc2ccc(C)cc2)ccc1C. The molecule has 0 bridgehead atoms. The van der Waals surface area contributed by atoms with Crippen molar-refractivity contribution in [2.75, 3.05) is 18.1 Å². The summed E-state index contributed by atoms with van der Waals surface area (Å²) in [5, 5.41) is 0. The number of hydrogen-bond acceptors (Lipinski definition) is 3. The number of aryl methyl sites for hydroxylation is 2. The summed E-state index contributed by atoms with van der Waals surface area (Å²) in [5.41, 5.74) is 4.10. The van der Waals surface area contributed by atoms with E-state index in [0.29, 0.717) is 0 Å². The Morgan fingerprint density at radius 2 is 1.72 bits per heavy atom. The Labute approximate surface area is 161 Å². The maximum atomic E-state index is 5.94. The summed E-state index contributed by atoms with van der Waals surface area (Å²) in [6.07, 6.45) is 3.53. The van der Waals surface area contributed by atoms with E-state index < -0.39 is 0 Å². The monoisotopic (exact) mass is 374 g/mol. The summed E-state index contributed by atoms with van der Waals surface area (Å²) < 4.78 is 5.94. The van der Waals surface area contributed by atoms with E-state index in [-0.39, 0.29) is 0 Å². The molecule has 0 saturated heterocycles. The molecule has 2 aromatic carbocycles. The van der Waals surface area contributed by atoms with Crippen molar-refractivity contribution in [2.45, 2.75) is 50.7 Å². The zero-order chi connectivity index (χ0) is 17.9. The van der Waals surface area contributed by atoms with Crippen LogP contribution in [0.4, 0.5) is 0 Å². The minimum atomic E-state index is 0.812. The molecule has 0 fully saturated rings. The number of ether oxygens (including phenoxy) is 1. The van der Waals surface area contributed by atoms with Gasteiger partial charge >= 0.3 is 0 Å².